The zero-order chi connectivity index (χ0) is 12.0. The van der Waals surface area contributed by atoms with Crippen molar-refractivity contribution >= 4 is 11.6 Å². The van der Waals surface area contributed by atoms with Crippen LogP contribution in [0, 0.1) is 0 Å². The van der Waals surface area contributed by atoms with Crippen LogP contribution in [-0.2, 0) is 0 Å². The second-order valence-corrected chi connectivity index (χ2v) is 4.25. The molecule has 0 aliphatic heterocycles. The van der Waals surface area contributed by atoms with Crippen LogP contribution < -0.4 is 4.74 Å². The second-order valence-electron chi connectivity index (χ2n) is 3.81. The molecule has 0 radical (unpaired) electrons. The Morgan fingerprint density at radius 3 is 2.56 bits per heavy atom. The molecule has 0 saturated carbocycles. The molecule has 0 spiro atoms. The number of ether oxygens (including phenoxy) is 1. The van der Waals surface area contributed by atoms with E-state index in [1.54, 1.807) is 12.1 Å². The van der Waals surface area contributed by atoms with E-state index in [4.69, 9.17) is 21.4 Å². The number of benzene rings is 1. The zero-order valence-corrected chi connectivity index (χ0v) is 10.4. The molecule has 1 atom stereocenters. The van der Waals surface area contributed by atoms with E-state index < -0.39 is 0 Å². The van der Waals surface area contributed by atoms with Gasteiger partial charge in [0, 0.05) is 17.6 Å². The van der Waals surface area contributed by atoms with E-state index in [-0.39, 0.29) is 12.6 Å². The summed E-state index contributed by atoms with van der Waals surface area (Å²) in [5, 5.41) is 9.66. The van der Waals surface area contributed by atoms with E-state index in [2.05, 4.69) is 4.90 Å². The highest BCUT2D eigenvalue weighted by molar-refractivity contribution is 6.30. The lowest BCUT2D eigenvalue weighted by molar-refractivity contribution is 0.140. The Hall–Kier alpha value is -0.770. The summed E-state index contributed by atoms with van der Waals surface area (Å²) >= 11 is 5.76. The van der Waals surface area contributed by atoms with E-state index in [0.29, 0.717) is 11.6 Å². The van der Waals surface area contributed by atoms with E-state index in [1.807, 2.05) is 26.1 Å². The third-order valence-electron chi connectivity index (χ3n) is 2.54. The molecule has 0 aliphatic rings. The van der Waals surface area contributed by atoms with Gasteiger partial charge in [-0.25, -0.2) is 0 Å². The quantitative estimate of drug-likeness (QED) is 0.830. The molecule has 4 heteroatoms. The molecule has 0 bridgehead atoms. The molecule has 0 saturated heterocycles. The lowest BCUT2D eigenvalue weighted by Gasteiger charge is -2.22. The molecule has 0 amide bonds. The molecule has 0 aromatic heterocycles. The molecule has 0 heterocycles. The molecule has 1 N–H and O–H groups in total. The number of hydrogen-bond acceptors (Lipinski definition) is 3. The monoisotopic (exact) mass is 243 g/mol. The van der Waals surface area contributed by atoms with Crippen LogP contribution in [0.5, 0.6) is 5.75 Å². The highest BCUT2D eigenvalue weighted by atomic mass is 35.5. The van der Waals surface area contributed by atoms with Crippen LogP contribution in [0.3, 0.4) is 0 Å². The van der Waals surface area contributed by atoms with Gasteiger partial charge >= 0.3 is 0 Å². The molecule has 1 aromatic rings. The summed E-state index contributed by atoms with van der Waals surface area (Å²) in [4.78, 5) is 2.05. The first-order valence-electron chi connectivity index (χ1n) is 5.33. The van der Waals surface area contributed by atoms with Crippen LogP contribution in [-0.4, -0.2) is 42.9 Å². The summed E-state index contributed by atoms with van der Waals surface area (Å²) in [6.45, 7) is 3.52. The van der Waals surface area contributed by atoms with Crippen LogP contribution in [0.2, 0.25) is 5.02 Å². The average molecular weight is 244 g/mol. The Morgan fingerprint density at radius 1 is 1.38 bits per heavy atom. The Labute approximate surface area is 102 Å². The van der Waals surface area contributed by atoms with Gasteiger partial charge in [-0.3, -0.25) is 4.90 Å². The van der Waals surface area contributed by atoms with Gasteiger partial charge in [0.25, 0.3) is 0 Å². The van der Waals surface area contributed by atoms with Gasteiger partial charge in [0.1, 0.15) is 12.4 Å². The van der Waals surface area contributed by atoms with Gasteiger partial charge in [-0.15, -0.1) is 0 Å². The van der Waals surface area contributed by atoms with Gasteiger partial charge in [0.05, 0.1) is 6.61 Å². The SMILES string of the molecule is CC(CO)N(C)CCOc1ccc(Cl)cc1. The van der Waals surface area contributed by atoms with Crippen molar-refractivity contribution in [1.29, 1.82) is 0 Å². The number of aliphatic hydroxyl groups excluding tert-OH is 1. The largest absolute Gasteiger partial charge is 0.492 e. The number of likely N-dealkylation sites (N-methyl/N-ethyl adjacent to an activating group) is 1. The molecule has 1 rings (SSSR count). The molecular weight excluding hydrogens is 226 g/mol. The van der Waals surface area contributed by atoms with Crippen molar-refractivity contribution in [3.63, 3.8) is 0 Å². The lowest BCUT2D eigenvalue weighted by atomic mass is 10.3. The Kier molecular flexibility index (Phi) is 5.60. The van der Waals surface area contributed by atoms with Gasteiger partial charge in [0.2, 0.25) is 0 Å². The molecular formula is C12H18ClNO2. The molecule has 16 heavy (non-hydrogen) atoms. The minimum absolute atomic E-state index is 0.161. The normalized spacial score (nSPS) is 12.8. The maximum atomic E-state index is 8.95. The topological polar surface area (TPSA) is 32.7 Å². The number of hydrogen-bond donors (Lipinski definition) is 1. The average Bonchev–Trinajstić information content (AvgIpc) is 2.30. The molecule has 0 fully saturated rings. The minimum atomic E-state index is 0.161. The molecule has 90 valence electrons. The molecule has 1 unspecified atom stereocenters. The van der Waals surface area contributed by atoms with Crippen molar-refractivity contribution in [2.24, 2.45) is 0 Å². The first-order chi connectivity index (χ1) is 7.63. The van der Waals surface area contributed by atoms with Crippen molar-refractivity contribution in [2.75, 3.05) is 26.8 Å². The standard InChI is InChI=1S/C12H18ClNO2/c1-10(9-15)14(2)7-8-16-12-5-3-11(13)4-6-12/h3-6,10,15H,7-9H2,1-2H3. The van der Waals surface area contributed by atoms with Crippen LogP contribution in [0.4, 0.5) is 0 Å². The summed E-state index contributed by atoms with van der Waals surface area (Å²) in [5.41, 5.74) is 0. The van der Waals surface area contributed by atoms with Crippen LogP contribution in [0.1, 0.15) is 6.92 Å². The smallest absolute Gasteiger partial charge is 0.119 e. The molecule has 0 aliphatic carbocycles. The summed E-state index contributed by atoms with van der Waals surface area (Å²) < 4.78 is 5.54. The third-order valence-corrected chi connectivity index (χ3v) is 2.80. The number of aliphatic hydroxyl groups is 1. The van der Waals surface area contributed by atoms with Crippen molar-refractivity contribution in [2.45, 2.75) is 13.0 Å². The van der Waals surface area contributed by atoms with Crippen molar-refractivity contribution < 1.29 is 9.84 Å². The first kappa shape index (κ1) is 13.3. The fourth-order valence-electron chi connectivity index (χ4n) is 1.20. The summed E-state index contributed by atoms with van der Waals surface area (Å²) in [5.74, 6) is 0.814. The zero-order valence-electron chi connectivity index (χ0n) is 9.69. The van der Waals surface area contributed by atoms with Gasteiger partial charge in [0.15, 0.2) is 0 Å². The predicted octanol–water partition coefficient (Wildman–Crippen LogP) is 2.03. The molecule has 3 nitrogen and oxygen atoms in total. The Bertz CT molecular complexity index is 302. The first-order valence-corrected chi connectivity index (χ1v) is 5.70. The maximum Gasteiger partial charge on any atom is 0.119 e. The van der Waals surface area contributed by atoms with Gasteiger partial charge in [-0.1, -0.05) is 11.6 Å². The van der Waals surface area contributed by atoms with Crippen molar-refractivity contribution in [1.82, 2.24) is 4.90 Å². The third kappa shape index (κ3) is 4.39. The highest BCUT2D eigenvalue weighted by Crippen LogP contribution is 2.15. The van der Waals surface area contributed by atoms with Crippen LogP contribution >= 0.6 is 11.6 Å². The minimum Gasteiger partial charge on any atom is -0.492 e. The fraction of sp³-hybridized carbons (Fsp3) is 0.500. The number of rotatable bonds is 6. The van der Waals surface area contributed by atoms with Crippen molar-refractivity contribution in [3.8, 4) is 5.75 Å². The number of nitrogens with zero attached hydrogens (tertiary/aromatic N) is 1. The van der Waals surface area contributed by atoms with Crippen molar-refractivity contribution in [3.05, 3.63) is 29.3 Å². The molecule has 1 aromatic carbocycles. The van der Waals surface area contributed by atoms with Gasteiger partial charge in [-0.2, -0.15) is 0 Å². The second kappa shape index (κ2) is 6.74. The maximum absolute atomic E-state index is 8.95. The fourth-order valence-corrected chi connectivity index (χ4v) is 1.32. The summed E-state index contributed by atoms with van der Waals surface area (Å²) in [6.07, 6.45) is 0. The van der Waals surface area contributed by atoms with Crippen LogP contribution in [0.15, 0.2) is 24.3 Å². The van der Waals surface area contributed by atoms with Crippen LogP contribution in [0.25, 0.3) is 0 Å². The lowest BCUT2D eigenvalue weighted by Crippen LogP contribution is -2.35. The van der Waals surface area contributed by atoms with E-state index in [1.165, 1.54) is 0 Å². The van der Waals surface area contributed by atoms with Gasteiger partial charge < -0.3 is 9.84 Å². The number of halogens is 1. The Morgan fingerprint density at radius 2 is 2.00 bits per heavy atom. The summed E-state index contributed by atoms with van der Waals surface area (Å²) in [7, 11) is 1.96. The van der Waals surface area contributed by atoms with E-state index >= 15 is 0 Å². The highest BCUT2D eigenvalue weighted by Gasteiger charge is 2.06. The predicted molar refractivity (Wildman–Crippen MR) is 66.1 cm³/mol. The van der Waals surface area contributed by atoms with Gasteiger partial charge in [-0.05, 0) is 38.2 Å². The summed E-state index contributed by atoms with van der Waals surface area (Å²) in [6, 6.07) is 7.46. The van der Waals surface area contributed by atoms with E-state index in [9.17, 15) is 0 Å². The van der Waals surface area contributed by atoms with E-state index in [0.717, 1.165) is 12.3 Å². The Balaban J connectivity index is 2.27.